The molecule has 0 bridgehead atoms. The summed E-state index contributed by atoms with van der Waals surface area (Å²) in [6.07, 6.45) is 0. The fourth-order valence-corrected chi connectivity index (χ4v) is 3.40. The number of aromatic nitrogens is 2. The van der Waals surface area contributed by atoms with Crippen LogP contribution in [-0.2, 0) is 0 Å². The number of carbonyl (C=O) groups is 2. The largest absolute Gasteiger partial charge is 0.449 e. The summed E-state index contributed by atoms with van der Waals surface area (Å²) in [6.45, 7) is 3.64. The second kappa shape index (κ2) is 7.24. The van der Waals surface area contributed by atoms with Gasteiger partial charge in [0.15, 0.2) is 0 Å². The molecule has 0 atom stereocenters. The van der Waals surface area contributed by atoms with E-state index in [-0.39, 0.29) is 11.7 Å². The molecule has 2 aromatic heterocycles. The van der Waals surface area contributed by atoms with Gasteiger partial charge in [-0.25, -0.2) is 0 Å². The van der Waals surface area contributed by atoms with Crippen LogP contribution in [0.25, 0.3) is 11.0 Å². The molecule has 28 heavy (non-hydrogen) atoms. The van der Waals surface area contributed by atoms with Crippen molar-refractivity contribution in [2.75, 3.05) is 10.6 Å². The zero-order chi connectivity index (χ0) is 19.7. The van der Waals surface area contributed by atoms with Crippen molar-refractivity contribution in [3.63, 3.8) is 0 Å². The second-order valence-electron chi connectivity index (χ2n) is 6.27. The normalized spacial score (nSPS) is 10.8. The van der Waals surface area contributed by atoms with E-state index in [1.807, 2.05) is 31.2 Å². The summed E-state index contributed by atoms with van der Waals surface area (Å²) in [5, 5.41) is 10.1. The van der Waals surface area contributed by atoms with Crippen LogP contribution in [0.15, 0.2) is 52.9 Å². The number of anilines is 2. The van der Waals surface area contributed by atoms with Crippen molar-refractivity contribution in [1.29, 1.82) is 0 Å². The number of para-hydroxylation sites is 1. The second-order valence-corrected chi connectivity index (χ2v) is 7.02. The first kappa shape index (κ1) is 17.9. The number of benzene rings is 2. The summed E-state index contributed by atoms with van der Waals surface area (Å²) in [4.78, 5) is 25.9. The van der Waals surface area contributed by atoms with Gasteiger partial charge in [0, 0.05) is 11.1 Å². The number of aryl methyl sites for hydroxylation is 2. The molecule has 2 N–H and O–H groups in total. The lowest BCUT2D eigenvalue weighted by atomic mass is 10.2. The van der Waals surface area contributed by atoms with Crippen LogP contribution in [0.1, 0.15) is 31.5 Å². The average Bonchev–Trinajstić information content (AvgIpc) is 3.26. The fraction of sp³-hybridized carbons (Fsp3) is 0.100. The number of hydrogen-bond donors (Lipinski definition) is 2. The van der Waals surface area contributed by atoms with Gasteiger partial charge >= 0.3 is 0 Å². The SMILES string of the molecule is Cc1cccc(NC(=O)c2oc3ccccc3c2NC(=O)c2snnc2C)c1. The molecule has 4 aromatic rings. The van der Waals surface area contributed by atoms with Crippen molar-refractivity contribution in [3.8, 4) is 0 Å². The van der Waals surface area contributed by atoms with Gasteiger partial charge in [0.1, 0.15) is 16.1 Å². The maximum atomic E-state index is 12.9. The minimum Gasteiger partial charge on any atom is -0.449 e. The Kier molecular flexibility index (Phi) is 4.62. The van der Waals surface area contributed by atoms with E-state index in [0.29, 0.717) is 32.9 Å². The number of furan rings is 1. The summed E-state index contributed by atoms with van der Waals surface area (Å²) < 4.78 is 9.54. The molecule has 8 heteroatoms. The molecule has 0 saturated heterocycles. The molecule has 0 aliphatic rings. The van der Waals surface area contributed by atoms with Gasteiger partial charge in [-0.1, -0.05) is 28.8 Å². The van der Waals surface area contributed by atoms with Crippen molar-refractivity contribution in [3.05, 3.63) is 70.4 Å². The predicted molar refractivity (Wildman–Crippen MR) is 108 cm³/mol. The molecule has 140 valence electrons. The van der Waals surface area contributed by atoms with Gasteiger partial charge in [-0.05, 0) is 55.2 Å². The number of nitrogens with zero attached hydrogens (tertiary/aromatic N) is 2. The lowest BCUT2D eigenvalue weighted by Crippen LogP contribution is -2.17. The Hall–Kier alpha value is -3.52. The highest BCUT2D eigenvalue weighted by Crippen LogP contribution is 2.32. The highest BCUT2D eigenvalue weighted by molar-refractivity contribution is 7.08. The van der Waals surface area contributed by atoms with Gasteiger partial charge in [-0.2, -0.15) is 0 Å². The smallest absolute Gasteiger partial charge is 0.293 e. The van der Waals surface area contributed by atoms with Crippen LogP contribution in [0, 0.1) is 13.8 Å². The van der Waals surface area contributed by atoms with E-state index in [1.54, 1.807) is 31.2 Å². The predicted octanol–water partition coefficient (Wildman–Crippen LogP) is 4.41. The third kappa shape index (κ3) is 3.37. The molecule has 7 nitrogen and oxygen atoms in total. The fourth-order valence-electron chi connectivity index (χ4n) is 2.85. The highest BCUT2D eigenvalue weighted by atomic mass is 32.1. The number of amides is 2. The molecule has 4 rings (SSSR count). The molecule has 2 amide bonds. The van der Waals surface area contributed by atoms with Gasteiger partial charge in [0.05, 0.1) is 5.69 Å². The number of hydrogen-bond acceptors (Lipinski definition) is 6. The summed E-state index contributed by atoms with van der Waals surface area (Å²) in [7, 11) is 0. The summed E-state index contributed by atoms with van der Waals surface area (Å²) in [5.41, 5.74) is 3.01. The highest BCUT2D eigenvalue weighted by Gasteiger charge is 2.24. The first-order valence-corrected chi connectivity index (χ1v) is 9.30. The molecular weight excluding hydrogens is 376 g/mol. The van der Waals surface area contributed by atoms with Crippen LogP contribution in [-0.4, -0.2) is 21.4 Å². The maximum absolute atomic E-state index is 12.9. The van der Waals surface area contributed by atoms with Gasteiger partial charge in [0.2, 0.25) is 5.76 Å². The Morgan fingerprint density at radius 1 is 1.00 bits per heavy atom. The maximum Gasteiger partial charge on any atom is 0.293 e. The van der Waals surface area contributed by atoms with Crippen LogP contribution < -0.4 is 10.6 Å². The molecule has 0 aliphatic carbocycles. The molecule has 0 saturated carbocycles. The van der Waals surface area contributed by atoms with Crippen LogP contribution >= 0.6 is 11.5 Å². The van der Waals surface area contributed by atoms with Crippen LogP contribution in [0.5, 0.6) is 0 Å². The van der Waals surface area contributed by atoms with Crippen LogP contribution in [0.2, 0.25) is 0 Å². The molecule has 0 spiro atoms. The molecule has 0 aliphatic heterocycles. The van der Waals surface area contributed by atoms with E-state index in [4.69, 9.17) is 4.42 Å². The molecular formula is C20H16N4O3S. The topological polar surface area (TPSA) is 97.1 Å². The van der Waals surface area contributed by atoms with E-state index >= 15 is 0 Å². The minimum absolute atomic E-state index is 0.0335. The quantitative estimate of drug-likeness (QED) is 0.536. The van der Waals surface area contributed by atoms with Gasteiger partial charge in [0.25, 0.3) is 11.8 Å². The molecule has 2 heterocycles. The number of rotatable bonds is 4. The molecule has 2 aromatic carbocycles. The monoisotopic (exact) mass is 392 g/mol. The number of nitrogens with one attached hydrogen (secondary N) is 2. The Morgan fingerprint density at radius 2 is 1.82 bits per heavy atom. The molecule has 0 unspecified atom stereocenters. The van der Waals surface area contributed by atoms with E-state index in [2.05, 4.69) is 20.2 Å². The lowest BCUT2D eigenvalue weighted by Gasteiger charge is -2.07. The Morgan fingerprint density at radius 3 is 2.57 bits per heavy atom. The van der Waals surface area contributed by atoms with Crippen molar-refractivity contribution in [1.82, 2.24) is 9.59 Å². The number of carbonyl (C=O) groups excluding carboxylic acids is 2. The third-order valence-electron chi connectivity index (χ3n) is 4.17. The van der Waals surface area contributed by atoms with Gasteiger partial charge in [-0.3, -0.25) is 9.59 Å². The Bertz CT molecular complexity index is 1200. The zero-order valence-electron chi connectivity index (χ0n) is 15.1. The van der Waals surface area contributed by atoms with Gasteiger partial charge in [-0.15, -0.1) is 5.10 Å². The van der Waals surface area contributed by atoms with Crippen LogP contribution in [0.4, 0.5) is 11.4 Å². The van der Waals surface area contributed by atoms with E-state index in [1.165, 1.54) is 0 Å². The summed E-state index contributed by atoms with van der Waals surface area (Å²) in [6, 6.07) is 14.6. The minimum atomic E-state index is -0.448. The average molecular weight is 392 g/mol. The van der Waals surface area contributed by atoms with Crippen molar-refractivity contribution in [2.45, 2.75) is 13.8 Å². The van der Waals surface area contributed by atoms with Crippen molar-refractivity contribution in [2.24, 2.45) is 0 Å². The molecule has 0 fully saturated rings. The van der Waals surface area contributed by atoms with E-state index in [9.17, 15) is 9.59 Å². The van der Waals surface area contributed by atoms with Crippen LogP contribution in [0.3, 0.4) is 0 Å². The number of fused-ring (bicyclic) bond motifs is 1. The van der Waals surface area contributed by atoms with E-state index < -0.39 is 5.91 Å². The zero-order valence-corrected chi connectivity index (χ0v) is 16.0. The van der Waals surface area contributed by atoms with Gasteiger partial charge < -0.3 is 15.1 Å². The molecule has 0 radical (unpaired) electrons. The Balaban J connectivity index is 1.71. The lowest BCUT2D eigenvalue weighted by molar-refractivity contribution is 0.1000. The first-order chi connectivity index (χ1) is 13.5. The standard InChI is InChI=1S/C20H16N4O3S/c1-11-6-5-7-13(10-11)21-19(25)17-16(14-8-3-4-9-15(14)27-17)22-20(26)18-12(2)23-24-28-18/h3-10H,1-2H3,(H,21,25)(H,22,26). The van der Waals surface area contributed by atoms with Crippen molar-refractivity contribution >= 4 is 45.7 Å². The third-order valence-corrected chi connectivity index (χ3v) is 5.00. The summed E-state index contributed by atoms with van der Waals surface area (Å²) in [5.74, 6) is -0.800. The van der Waals surface area contributed by atoms with E-state index in [0.717, 1.165) is 17.1 Å². The summed E-state index contributed by atoms with van der Waals surface area (Å²) >= 11 is 0.999. The first-order valence-electron chi connectivity index (χ1n) is 8.53. The Labute approximate surface area is 164 Å². The van der Waals surface area contributed by atoms with Crippen molar-refractivity contribution < 1.29 is 14.0 Å².